The first-order valence-corrected chi connectivity index (χ1v) is 7.72. The van der Waals surface area contributed by atoms with Crippen molar-refractivity contribution in [2.45, 2.75) is 6.92 Å². The molecule has 4 nitrogen and oxygen atoms in total. The molecule has 0 atom stereocenters. The van der Waals surface area contributed by atoms with Gasteiger partial charge in [-0.25, -0.2) is 0 Å². The van der Waals surface area contributed by atoms with Crippen molar-refractivity contribution in [3.8, 4) is 5.75 Å². The van der Waals surface area contributed by atoms with Gasteiger partial charge in [0.05, 0.1) is 0 Å². The quantitative estimate of drug-likeness (QED) is 0.639. The van der Waals surface area contributed by atoms with Gasteiger partial charge in [-0.05, 0) is 30.1 Å². The van der Waals surface area contributed by atoms with Crippen molar-refractivity contribution in [1.82, 2.24) is 10.3 Å². The molecule has 6 heteroatoms. The molecule has 2 heterocycles. The van der Waals surface area contributed by atoms with E-state index in [0.717, 1.165) is 34.9 Å². The number of thiophene rings is 1. The number of fused-ring (bicyclic) bond motifs is 3. The highest BCUT2D eigenvalue weighted by molar-refractivity contribution is 7.17. The standard InChI is InChI=1S/C16H16N2O2S.ClH/c1-2-17-8-3-4-10-13(19)6-5-12-14(10)11-7-9-21-15(11)16(20)18-12;/h3-7,9,17,19H,2,8H2,1H3,(H,18,20);1H. The molecule has 3 aromatic rings. The van der Waals surface area contributed by atoms with Crippen LogP contribution in [0, 0.1) is 0 Å². The molecule has 0 bridgehead atoms. The Morgan fingerprint density at radius 3 is 2.95 bits per heavy atom. The Morgan fingerprint density at radius 1 is 1.36 bits per heavy atom. The molecule has 0 aliphatic heterocycles. The van der Waals surface area contributed by atoms with E-state index in [2.05, 4.69) is 10.3 Å². The largest absolute Gasteiger partial charge is 0.507 e. The molecule has 0 saturated heterocycles. The highest BCUT2D eigenvalue weighted by Gasteiger charge is 2.11. The van der Waals surface area contributed by atoms with Gasteiger partial charge in [0.1, 0.15) is 10.4 Å². The summed E-state index contributed by atoms with van der Waals surface area (Å²) in [6, 6.07) is 5.28. The van der Waals surface area contributed by atoms with Crippen LogP contribution in [0.15, 0.2) is 34.4 Å². The highest BCUT2D eigenvalue weighted by atomic mass is 35.5. The number of hydrogen-bond acceptors (Lipinski definition) is 4. The molecule has 0 saturated carbocycles. The van der Waals surface area contributed by atoms with Gasteiger partial charge >= 0.3 is 0 Å². The van der Waals surface area contributed by atoms with E-state index in [1.54, 1.807) is 12.1 Å². The summed E-state index contributed by atoms with van der Waals surface area (Å²) in [5.41, 5.74) is 1.40. The van der Waals surface area contributed by atoms with Gasteiger partial charge in [-0.1, -0.05) is 19.1 Å². The first-order chi connectivity index (χ1) is 10.2. The molecule has 0 radical (unpaired) electrons. The normalized spacial score (nSPS) is 11.3. The third kappa shape index (κ3) is 2.88. The van der Waals surface area contributed by atoms with Crippen molar-refractivity contribution in [2.75, 3.05) is 13.1 Å². The van der Waals surface area contributed by atoms with Gasteiger partial charge in [-0.2, -0.15) is 0 Å². The molecule has 0 fully saturated rings. The topological polar surface area (TPSA) is 65.1 Å². The molecule has 22 heavy (non-hydrogen) atoms. The molecule has 2 aromatic heterocycles. The lowest BCUT2D eigenvalue weighted by molar-refractivity contribution is 0.475. The van der Waals surface area contributed by atoms with E-state index < -0.39 is 0 Å². The van der Waals surface area contributed by atoms with E-state index in [1.807, 2.05) is 30.5 Å². The van der Waals surface area contributed by atoms with Crippen LogP contribution in [0.5, 0.6) is 5.75 Å². The van der Waals surface area contributed by atoms with Gasteiger partial charge in [0.25, 0.3) is 5.56 Å². The van der Waals surface area contributed by atoms with Crippen LogP contribution in [0.1, 0.15) is 12.5 Å². The molecule has 0 spiro atoms. The maximum atomic E-state index is 12.0. The van der Waals surface area contributed by atoms with E-state index in [1.165, 1.54) is 11.3 Å². The Bertz CT molecular complexity index is 883. The van der Waals surface area contributed by atoms with Gasteiger partial charge in [0, 0.05) is 28.4 Å². The second-order valence-electron chi connectivity index (χ2n) is 4.75. The van der Waals surface area contributed by atoms with E-state index in [4.69, 9.17) is 0 Å². The van der Waals surface area contributed by atoms with Crippen molar-refractivity contribution in [3.05, 3.63) is 45.6 Å². The fraction of sp³-hybridized carbons (Fsp3) is 0.188. The molecule has 0 unspecified atom stereocenters. The Kier molecular flexibility index (Phi) is 5.24. The van der Waals surface area contributed by atoms with Gasteiger partial charge < -0.3 is 15.4 Å². The number of nitrogens with one attached hydrogen (secondary N) is 2. The van der Waals surface area contributed by atoms with Gasteiger partial charge in [0.2, 0.25) is 0 Å². The fourth-order valence-corrected chi connectivity index (χ4v) is 3.23. The maximum absolute atomic E-state index is 12.0. The Morgan fingerprint density at radius 2 is 2.18 bits per heavy atom. The SMILES string of the molecule is CCNCC=Cc1c(O)ccc2[nH]c(=O)c3sccc3c12.Cl. The summed E-state index contributed by atoms with van der Waals surface area (Å²) in [6.45, 7) is 3.68. The second-order valence-corrected chi connectivity index (χ2v) is 5.66. The number of hydrogen-bond donors (Lipinski definition) is 3. The summed E-state index contributed by atoms with van der Waals surface area (Å²) >= 11 is 1.41. The predicted molar refractivity (Wildman–Crippen MR) is 96.4 cm³/mol. The lowest BCUT2D eigenvalue weighted by atomic mass is 10.0. The Balaban J connectivity index is 0.00000176. The van der Waals surface area contributed by atoms with E-state index in [-0.39, 0.29) is 23.7 Å². The van der Waals surface area contributed by atoms with Crippen molar-refractivity contribution in [3.63, 3.8) is 0 Å². The number of phenols is 1. The lowest BCUT2D eigenvalue weighted by Gasteiger charge is -2.07. The number of benzene rings is 1. The Hall–Kier alpha value is -1.82. The molecular weight excluding hydrogens is 320 g/mol. The molecule has 0 aliphatic carbocycles. The van der Waals surface area contributed by atoms with Crippen LogP contribution in [0.2, 0.25) is 0 Å². The zero-order chi connectivity index (χ0) is 14.8. The number of aromatic hydroxyl groups is 1. The summed E-state index contributed by atoms with van der Waals surface area (Å²) in [4.78, 5) is 14.9. The molecule has 1 aromatic carbocycles. The first-order valence-electron chi connectivity index (χ1n) is 6.84. The molecular formula is C16H17ClN2O2S. The maximum Gasteiger partial charge on any atom is 0.266 e. The number of rotatable bonds is 4. The smallest absolute Gasteiger partial charge is 0.266 e. The van der Waals surface area contributed by atoms with Crippen molar-refractivity contribution >= 4 is 50.8 Å². The summed E-state index contributed by atoms with van der Waals surface area (Å²) in [5, 5.41) is 17.0. The number of H-pyrrole nitrogens is 1. The predicted octanol–water partition coefficient (Wildman–Crippen LogP) is 3.49. The minimum absolute atomic E-state index is 0. The van der Waals surface area contributed by atoms with Crippen LogP contribution in [0.3, 0.4) is 0 Å². The zero-order valence-electron chi connectivity index (χ0n) is 12.1. The molecule has 3 N–H and O–H groups in total. The average molecular weight is 337 g/mol. The van der Waals surface area contributed by atoms with E-state index in [0.29, 0.717) is 4.70 Å². The van der Waals surface area contributed by atoms with E-state index in [9.17, 15) is 9.90 Å². The summed E-state index contributed by atoms with van der Waals surface area (Å²) in [6.07, 6.45) is 3.87. The van der Waals surface area contributed by atoms with Crippen molar-refractivity contribution in [2.24, 2.45) is 0 Å². The van der Waals surface area contributed by atoms with Crippen LogP contribution in [0.25, 0.3) is 27.1 Å². The van der Waals surface area contributed by atoms with Crippen LogP contribution < -0.4 is 10.9 Å². The number of pyridine rings is 1. The molecule has 3 rings (SSSR count). The summed E-state index contributed by atoms with van der Waals surface area (Å²) in [7, 11) is 0. The minimum Gasteiger partial charge on any atom is -0.507 e. The summed E-state index contributed by atoms with van der Waals surface area (Å²) in [5.74, 6) is 0.217. The van der Waals surface area contributed by atoms with Gasteiger partial charge in [0.15, 0.2) is 0 Å². The third-order valence-electron chi connectivity index (χ3n) is 3.41. The van der Waals surface area contributed by atoms with Gasteiger partial charge in [-0.15, -0.1) is 23.7 Å². The number of likely N-dealkylation sites (N-methyl/N-ethyl adjacent to an activating group) is 1. The van der Waals surface area contributed by atoms with Crippen LogP contribution >= 0.6 is 23.7 Å². The molecule has 0 amide bonds. The highest BCUT2D eigenvalue weighted by Crippen LogP contribution is 2.33. The molecule has 116 valence electrons. The van der Waals surface area contributed by atoms with Crippen molar-refractivity contribution < 1.29 is 5.11 Å². The number of aromatic amines is 1. The second kappa shape index (κ2) is 6.96. The number of aromatic nitrogens is 1. The van der Waals surface area contributed by atoms with Crippen LogP contribution in [-0.4, -0.2) is 23.2 Å². The zero-order valence-corrected chi connectivity index (χ0v) is 13.7. The van der Waals surface area contributed by atoms with Crippen molar-refractivity contribution in [1.29, 1.82) is 0 Å². The average Bonchev–Trinajstić information content (AvgIpc) is 2.96. The summed E-state index contributed by atoms with van der Waals surface area (Å²) < 4.78 is 0.689. The number of phenolic OH excluding ortho intramolecular Hbond substituents is 1. The monoisotopic (exact) mass is 336 g/mol. The van der Waals surface area contributed by atoms with Crippen LogP contribution in [-0.2, 0) is 0 Å². The Labute approximate surface area is 137 Å². The van der Waals surface area contributed by atoms with Crippen LogP contribution in [0.4, 0.5) is 0 Å². The minimum atomic E-state index is -0.0826. The third-order valence-corrected chi connectivity index (χ3v) is 4.32. The lowest BCUT2D eigenvalue weighted by Crippen LogP contribution is -2.11. The first kappa shape index (κ1) is 16.5. The number of halogens is 1. The van der Waals surface area contributed by atoms with Gasteiger partial charge in [-0.3, -0.25) is 4.79 Å². The van der Waals surface area contributed by atoms with E-state index >= 15 is 0 Å². The molecule has 0 aliphatic rings. The fourth-order valence-electron chi connectivity index (χ4n) is 2.44.